The number of carbonyl (C=O) groups is 4. The summed E-state index contributed by atoms with van der Waals surface area (Å²) < 4.78 is 9.63. The molecule has 2 aliphatic carbocycles. The summed E-state index contributed by atoms with van der Waals surface area (Å²) in [4.78, 5) is 72.3. The SMILES string of the molecule is CCCN(C(=O)C(NC(=O)OC)C(C)C)C(C)c1ncc(-c2ccc3c(c2)CCc2cc(-c4cnc(C5C6CCC(C6)N5C(=O)C(NC(=O)OC)C(C)C)[nH]4)ccc2-3)[nH]1. The summed E-state index contributed by atoms with van der Waals surface area (Å²) in [5, 5.41) is 5.48. The second-order valence-electron chi connectivity index (χ2n) is 16.9. The van der Waals surface area contributed by atoms with Crippen LogP contribution < -0.4 is 10.6 Å². The Balaban J connectivity index is 1.08. The lowest BCUT2D eigenvalue weighted by Gasteiger charge is -2.37. The van der Waals surface area contributed by atoms with Crippen molar-refractivity contribution in [1.82, 2.24) is 40.4 Å². The molecular weight excluding hydrogens is 749 g/mol. The Kier molecular flexibility index (Phi) is 12.2. The molecule has 59 heavy (non-hydrogen) atoms. The van der Waals surface area contributed by atoms with Crippen LogP contribution in [-0.2, 0) is 31.9 Å². The van der Waals surface area contributed by atoms with Crippen LogP contribution in [0.15, 0.2) is 48.8 Å². The van der Waals surface area contributed by atoms with E-state index in [1.807, 2.05) is 58.8 Å². The number of methoxy groups -OCH3 is 2. The van der Waals surface area contributed by atoms with Gasteiger partial charge in [-0.3, -0.25) is 9.59 Å². The van der Waals surface area contributed by atoms with Crippen LogP contribution in [0.5, 0.6) is 0 Å². The van der Waals surface area contributed by atoms with Crippen LogP contribution in [0.4, 0.5) is 9.59 Å². The van der Waals surface area contributed by atoms with Crippen molar-refractivity contribution in [2.75, 3.05) is 20.8 Å². The maximum atomic E-state index is 14.0. The van der Waals surface area contributed by atoms with Crippen molar-refractivity contribution in [3.05, 3.63) is 71.6 Å². The molecule has 7 rings (SSSR count). The predicted octanol–water partition coefficient (Wildman–Crippen LogP) is 7.35. The van der Waals surface area contributed by atoms with Crippen LogP contribution in [0, 0.1) is 17.8 Å². The highest BCUT2D eigenvalue weighted by Crippen LogP contribution is 2.50. The van der Waals surface area contributed by atoms with Crippen molar-refractivity contribution in [1.29, 1.82) is 0 Å². The maximum absolute atomic E-state index is 14.0. The summed E-state index contributed by atoms with van der Waals surface area (Å²) in [6.45, 7) is 12.2. The minimum Gasteiger partial charge on any atom is -0.453 e. The highest BCUT2D eigenvalue weighted by atomic mass is 16.5. The van der Waals surface area contributed by atoms with E-state index in [0.29, 0.717) is 18.3 Å². The third-order valence-corrected chi connectivity index (χ3v) is 12.5. The third kappa shape index (κ3) is 8.18. The lowest BCUT2D eigenvalue weighted by atomic mass is 9.83. The van der Waals surface area contributed by atoms with Crippen molar-refractivity contribution in [3.8, 4) is 33.6 Å². The van der Waals surface area contributed by atoms with Crippen molar-refractivity contribution >= 4 is 24.0 Å². The van der Waals surface area contributed by atoms with E-state index in [1.54, 1.807) is 4.90 Å². The van der Waals surface area contributed by atoms with E-state index in [-0.39, 0.29) is 41.8 Å². The number of H-pyrrole nitrogens is 2. The number of hydrogen-bond donors (Lipinski definition) is 4. The standard InChI is InChI=1S/C45H58N8O6/c1-9-18-52(42(54)37(24(2)3)50-44(56)58-7)26(6)40-46-22-35(48-40)29-13-16-33-27(19-29)10-11-28-20-30(14-17-34(28)33)36-23-47-41(49-36)39-31-12-15-32(21-31)53(39)43(55)38(25(4)5)51-45(57)59-8/h13-14,16-17,19-20,22-26,31-32,37-39H,9-12,15,18,21H2,1-8H3,(H,46,48)(H,47,49)(H,50,56)(H,51,57). The number of benzene rings is 2. The molecule has 1 aliphatic heterocycles. The molecule has 3 aliphatic rings. The number of nitrogens with zero attached hydrogens (tertiary/aromatic N) is 4. The number of aromatic nitrogens is 4. The Labute approximate surface area is 346 Å². The number of likely N-dealkylation sites (tertiary alicyclic amines) is 1. The van der Waals surface area contributed by atoms with Gasteiger partial charge in [0.2, 0.25) is 11.8 Å². The van der Waals surface area contributed by atoms with Gasteiger partial charge < -0.3 is 39.9 Å². The van der Waals surface area contributed by atoms with Gasteiger partial charge in [-0.05, 0) is 109 Å². The average Bonchev–Trinajstić information content (AvgIpc) is 4.08. The summed E-state index contributed by atoms with van der Waals surface area (Å²) in [7, 11) is 2.60. The zero-order valence-corrected chi connectivity index (χ0v) is 35.4. The molecule has 6 atom stereocenters. The number of imidazole rings is 2. The molecular formula is C45H58N8O6. The summed E-state index contributed by atoms with van der Waals surface area (Å²) in [5.74, 6) is 1.28. The zero-order valence-electron chi connectivity index (χ0n) is 35.4. The Morgan fingerprint density at radius 2 is 1.39 bits per heavy atom. The molecule has 2 bridgehead atoms. The summed E-state index contributed by atoms with van der Waals surface area (Å²) in [6, 6.07) is 11.3. The highest BCUT2D eigenvalue weighted by molar-refractivity contribution is 5.87. The normalized spacial score (nSPS) is 19.5. The van der Waals surface area contributed by atoms with E-state index in [1.165, 1.54) is 36.5 Å². The van der Waals surface area contributed by atoms with Gasteiger partial charge in [0.1, 0.15) is 23.7 Å². The van der Waals surface area contributed by atoms with E-state index in [4.69, 9.17) is 19.4 Å². The van der Waals surface area contributed by atoms with E-state index >= 15 is 0 Å². The van der Waals surface area contributed by atoms with Crippen molar-refractivity contribution in [3.63, 3.8) is 0 Å². The first-order valence-electron chi connectivity index (χ1n) is 21.0. The van der Waals surface area contributed by atoms with Crippen molar-refractivity contribution < 1.29 is 28.7 Å². The van der Waals surface area contributed by atoms with Crippen molar-refractivity contribution in [2.45, 2.75) is 110 Å². The molecule has 4 N–H and O–H groups in total. The number of hydrogen-bond acceptors (Lipinski definition) is 8. The van der Waals surface area contributed by atoms with Crippen LogP contribution in [0.1, 0.15) is 102 Å². The fourth-order valence-corrected chi connectivity index (χ4v) is 9.34. The molecule has 314 valence electrons. The first-order chi connectivity index (χ1) is 28.3. The van der Waals surface area contributed by atoms with Crippen LogP contribution in [-0.4, -0.2) is 92.6 Å². The molecule has 6 unspecified atom stereocenters. The van der Waals surface area contributed by atoms with Gasteiger partial charge in [0.05, 0.1) is 50.1 Å². The second kappa shape index (κ2) is 17.3. The summed E-state index contributed by atoms with van der Waals surface area (Å²) in [6.07, 6.45) is 7.91. The van der Waals surface area contributed by atoms with Crippen LogP contribution in [0.2, 0.25) is 0 Å². The Morgan fingerprint density at radius 1 is 0.814 bits per heavy atom. The van der Waals surface area contributed by atoms with Gasteiger partial charge in [-0.1, -0.05) is 58.9 Å². The molecule has 14 heteroatoms. The molecule has 1 saturated heterocycles. The number of ether oxygens (including phenoxy) is 2. The number of amides is 4. The highest BCUT2D eigenvalue weighted by Gasteiger charge is 2.51. The molecule has 4 aromatic rings. The molecule has 0 spiro atoms. The number of nitrogens with one attached hydrogen (secondary N) is 4. The number of carbonyl (C=O) groups excluding carboxylic acids is 4. The van der Waals surface area contributed by atoms with E-state index in [9.17, 15) is 19.2 Å². The molecule has 2 aromatic heterocycles. The van der Waals surface area contributed by atoms with Crippen molar-refractivity contribution in [2.24, 2.45) is 17.8 Å². The second-order valence-corrected chi connectivity index (χ2v) is 16.9. The van der Waals surface area contributed by atoms with E-state index in [0.717, 1.165) is 66.9 Å². The maximum Gasteiger partial charge on any atom is 0.407 e. The van der Waals surface area contributed by atoms with Gasteiger partial charge in [0.15, 0.2) is 0 Å². The summed E-state index contributed by atoms with van der Waals surface area (Å²) in [5.41, 5.74) is 8.79. The fraction of sp³-hybridized carbons (Fsp3) is 0.511. The predicted molar refractivity (Wildman–Crippen MR) is 224 cm³/mol. The first kappa shape index (κ1) is 41.5. The van der Waals surface area contributed by atoms with Crippen LogP contribution >= 0.6 is 0 Å². The molecule has 2 fully saturated rings. The molecule has 0 radical (unpaired) electrons. The minimum atomic E-state index is -0.723. The fourth-order valence-electron chi connectivity index (χ4n) is 9.34. The lowest BCUT2D eigenvalue weighted by Crippen LogP contribution is -2.54. The van der Waals surface area contributed by atoms with Gasteiger partial charge in [-0.2, -0.15) is 0 Å². The smallest absolute Gasteiger partial charge is 0.407 e. The molecule has 2 aromatic carbocycles. The number of aromatic amines is 2. The number of fused-ring (bicyclic) bond motifs is 5. The molecule has 4 amide bonds. The third-order valence-electron chi connectivity index (χ3n) is 12.5. The average molecular weight is 807 g/mol. The lowest BCUT2D eigenvalue weighted by molar-refractivity contribution is -0.139. The number of alkyl carbamates (subject to hydrolysis) is 2. The zero-order chi connectivity index (χ0) is 42.1. The Bertz CT molecular complexity index is 2190. The van der Waals surface area contributed by atoms with Gasteiger partial charge in [0.25, 0.3) is 0 Å². The quantitative estimate of drug-likeness (QED) is 0.109. The number of rotatable bonds is 13. The van der Waals surface area contributed by atoms with E-state index in [2.05, 4.69) is 57.0 Å². The van der Waals surface area contributed by atoms with Gasteiger partial charge >= 0.3 is 12.2 Å². The Hall–Kier alpha value is -5.66. The Morgan fingerprint density at radius 3 is 1.97 bits per heavy atom. The van der Waals surface area contributed by atoms with Gasteiger partial charge in [0, 0.05) is 12.6 Å². The molecule has 1 saturated carbocycles. The topological polar surface area (TPSA) is 175 Å². The molecule has 3 heterocycles. The largest absolute Gasteiger partial charge is 0.453 e. The first-order valence-corrected chi connectivity index (χ1v) is 21.0. The summed E-state index contributed by atoms with van der Waals surface area (Å²) >= 11 is 0. The van der Waals surface area contributed by atoms with E-state index < -0.39 is 24.3 Å². The van der Waals surface area contributed by atoms with Crippen LogP contribution in [0.3, 0.4) is 0 Å². The number of aryl methyl sites for hydroxylation is 2. The monoisotopic (exact) mass is 806 g/mol. The van der Waals surface area contributed by atoms with Crippen LogP contribution in [0.25, 0.3) is 33.6 Å². The molecule has 14 nitrogen and oxygen atoms in total. The van der Waals surface area contributed by atoms with Gasteiger partial charge in [-0.15, -0.1) is 0 Å². The minimum absolute atomic E-state index is 0.0876. The van der Waals surface area contributed by atoms with Gasteiger partial charge in [-0.25, -0.2) is 19.6 Å². The number of piperidine rings is 1.